The van der Waals surface area contributed by atoms with Crippen molar-refractivity contribution in [3.63, 3.8) is 0 Å². The van der Waals surface area contributed by atoms with E-state index in [1.165, 1.54) is 6.92 Å². The summed E-state index contributed by atoms with van der Waals surface area (Å²) in [5, 5.41) is 0. The molecule has 0 aliphatic heterocycles. The monoisotopic (exact) mass is 232 g/mol. The van der Waals surface area contributed by atoms with E-state index in [0.29, 0.717) is 6.08 Å². The minimum Gasteiger partial charge on any atom is -0.462 e. The van der Waals surface area contributed by atoms with Crippen LogP contribution in [-0.4, -0.2) is 24.7 Å². The van der Waals surface area contributed by atoms with Crippen LogP contribution in [0, 0.1) is 0 Å². The van der Waals surface area contributed by atoms with Crippen LogP contribution in [0.15, 0.2) is 11.6 Å². The van der Waals surface area contributed by atoms with Crippen LogP contribution in [0.5, 0.6) is 0 Å². The van der Waals surface area contributed by atoms with Crippen molar-refractivity contribution >= 4 is 5.97 Å². The molecule has 2 nitrogen and oxygen atoms in total. The molecule has 0 aromatic carbocycles. The standard InChI is InChI=1S/C8H9F5O2/c1-3-5(6(14)15-4-2)7(9,10)8(11,12)13/h3H,4H2,1-2H3. The third-order valence-corrected chi connectivity index (χ3v) is 1.48. The van der Waals surface area contributed by atoms with Gasteiger partial charge < -0.3 is 4.74 Å². The lowest BCUT2D eigenvalue weighted by Crippen LogP contribution is -2.41. The summed E-state index contributed by atoms with van der Waals surface area (Å²) in [7, 11) is 0. The second kappa shape index (κ2) is 4.59. The van der Waals surface area contributed by atoms with E-state index < -0.39 is 23.6 Å². The number of hydrogen-bond acceptors (Lipinski definition) is 2. The maximum Gasteiger partial charge on any atom is 0.458 e. The Kier molecular flexibility index (Phi) is 4.24. The van der Waals surface area contributed by atoms with Crippen molar-refractivity contribution in [2.75, 3.05) is 6.61 Å². The van der Waals surface area contributed by atoms with Crippen LogP contribution in [0.1, 0.15) is 13.8 Å². The van der Waals surface area contributed by atoms with E-state index in [4.69, 9.17) is 0 Å². The molecule has 0 N–H and O–H groups in total. The number of alkyl halides is 5. The highest BCUT2D eigenvalue weighted by atomic mass is 19.4. The normalized spacial score (nSPS) is 13.9. The molecule has 0 amide bonds. The number of hydrogen-bond donors (Lipinski definition) is 0. The maximum atomic E-state index is 12.7. The summed E-state index contributed by atoms with van der Waals surface area (Å²) in [6.45, 7) is 1.94. The van der Waals surface area contributed by atoms with Crippen LogP contribution in [0.2, 0.25) is 0 Å². The molecule has 0 unspecified atom stereocenters. The first-order valence-corrected chi connectivity index (χ1v) is 3.96. The first-order valence-electron chi connectivity index (χ1n) is 3.96. The third kappa shape index (κ3) is 2.90. The number of rotatable bonds is 3. The molecule has 0 saturated carbocycles. The molecule has 0 rings (SSSR count). The van der Waals surface area contributed by atoms with E-state index in [1.54, 1.807) is 0 Å². The summed E-state index contributed by atoms with van der Waals surface area (Å²) in [4.78, 5) is 10.8. The summed E-state index contributed by atoms with van der Waals surface area (Å²) in [5.74, 6) is -6.85. The lowest BCUT2D eigenvalue weighted by Gasteiger charge is -2.21. The van der Waals surface area contributed by atoms with Gasteiger partial charge in [0.15, 0.2) is 0 Å². The van der Waals surface area contributed by atoms with Crippen molar-refractivity contribution < 1.29 is 31.5 Å². The minimum atomic E-state index is -5.80. The van der Waals surface area contributed by atoms with Crippen molar-refractivity contribution in [1.29, 1.82) is 0 Å². The lowest BCUT2D eigenvalue weighted by molar-refractivity contribution is -0.265. The number of carbonyl (C=O) groups is 1. The number of ether oxygens (including phenoxy) is 1. The summed E-state index contributed by atoms with van der Waals surface area (Å²) in [5.41, 5.74) is -1.70. The molecule has 88 valence electrons. The number of carbonyl (C=O) groups excluding carboxylic acids is 1. The average molecular weight is 232 g/mol. The van der Waals surface area contributed by atoms with Gasteiger partial charge in [-0.15, -0.1) is 0 Å². The fourth-order valence-corrected chi connectivity index (χ4v) is 0.789. The van der Waals surface area contributed by atoms with Gasteiger partial charge in [0, 0.05) is 0 Å². The summed E-state index contributed by atoms with van der Waals surface area (Å²) in [6, 6.07) is 0. The molecule has 0 aliphatic rings. The van der Waals surface area contributed by atoms with E-state index in [1.807, 2.05) is 0 Å². The van der Waals surface area contributed by atoms with Crippen LogP contribution in [0.25, 0.3) is 0 Å². The van der Waals surface area contributed by atoms with Gasteiger partial charge in [0.1, 0.15) is 5.57 Å². The molecule has 0 radical (unpaired) electrons. The lowest BCUT2D eigenvalue weighted by atomic mass is 10.1. The zero-order chi connectivity index (χ0) is 12.3. The maximum absolute atomic E-state index is 12.7. The minimum absolute atomic E-state index is 0.274. The fourth-order valence-electron chi connectivity index (χ4n) is 0.789. The van der Waals surface area contributed by atoms with Crippen LogP contribution in [0.3, 0.4) is 0 Å². The molecule has 0 heterocycles. The molecule has 0 fully saturated rings. The third-order valence-electron chi connectivity index (χ3n) is 1.48. The van der Waals surface area contributed by atoms with Crippen LogP contribution in [0.4, 0.5) is 22.0 Å². The predicted octanol–water partition coefficient (Wildman–Crippen LogP) is 2.69. The zero-order valence-corrected chi connectivity index (χ0v) is 7.99. The molecule has 0 aliphatic carbocycles. The first-order chi connectivity index (χ1) is 6.68. The Balaban J connectivity index is 5.08. The van der Waals surface area contributed by atoms with Gasteiger partial charge >= 0.3 is 18.1 Å². The van der Waals surface area contributed by atoms with Crippen molar-refractivity contribution in [2.45, 2.75) is 25.9 Å². The van der Waals surface area contributed by atoms with Gasteiger partial charge in [-0.05, 0) is 13.8 Å². The van der Waals surface area contributed by atoms with E-state index in [-0.39, 0.29) is 6.61 Å². The highest BCUT2D eigenvalue weighted by Gasteiger charge is 2.62. The van der Waals surface area contributed by atoms with Crippen molar-refractivity contribution in [2.24, 2.45) is 0 Å². The van der Waals surface area contributed by atoms with E-state index >= 15 is 0 Å². The van der Waals surface area contributed by atoms with Gasteiger partial charge in [0.2, 0.25) is 0 Å². The van der Waals surface area contributed by atoms with Crippen LogP contribution in [-0.2, 0) is 9.53 Å². The summed E-state index contributed by atoms with van der Waals surface area (Å²) in [6.07, 6.45) is -5.41. The fraction of sp³-hybridized carbons (Fsp3) is 0.625. The van der Waals surface area contributed by atoms with Crippen LogP contribution >= 0.6 is 0 Å². The van der Waals surface area contributed by atoms with Gasteiger partial charge in [0.05, 0.1) is 6.61 Å². The molecule has 0 aromatic rings. The Morgan fingerprint density at radius 1 is 1.27 bits per heavy atom. The van der Waals surface area contributed by atoms with Gasteiger partial charge in [-0.3, -0.25) is 0 Å². The second-order valence-electron chi connectivity index (χ2n) is 2.49. The highest BCUT2D eigenvalue weighted by Crippen LogP contribution is 2.41. The molecular formula is C8H9F5O2. The van der Waals surface area contributed by atoms with Gasteiger partial charge in [-0.2, -0.15) is 22.0 Å². The van der Waals surface area contributed by atoms with Crippen molar-refractivity contribution in [1.82, 2.24) is 0 Å². The van der Waals surface area contributed by atoms with E-state index in [0.717, 1.165) is 6.92 Å². The van der Waals surface area contributed by atoms with Crippen molar-refractivity contribution in [3.8, 4) is 0 Å². The Hall–Kier alpha value is -1.14. The van der Waals surface area contributed by atoms with Gasteiger partial charge in [0.25, 0.3) is 0 Å². The van der Waals surface area contributed by atoms with Crippen molar-refractivity contribution in [3.05, 3.63) is 11.6 Å². The van der Waals surface area contributed by atoms with E-state index in [9.17, 15) is 26.7 Å². The quantitative estimate of drug-likeness (QED) is 0.425. The Morgan fingerprint density at radius 2 is 1.73 bits per heavy atom. The highest BCUT2D eigenvalue weighted by molar-refractivity contribution is 5.90. The Labute approximate surface area is 82.7 Å². The SMILES string of the molecule is CC=C(C(=O)OCC)C(F)(F)C(F)(F)F. The zero-order valence-electron chi connectivity index (χ0n) is 7.99. The molecule has 0 atom stereocenters. The molecular weight excluding hydrogens is 223 g/mol. The number of halogens is 5. The molecule has 7 heteroatoms. The number of esters is 1. The summed E-state index contributed by atoms with van der Waals surface area (Å²) >= 11 is 0. The molecule has 0 saturated heterocycles. The first kappa shape index (κ1) is 13.9. The average Bonchev–Trinajstić information content (AvgIpc) is 2.03. The Morgan fingerprint density at radius 3 is 2.00 bits per heavy atom. The molecule has 0 aromatic heterocycles. The van der Waals surface area contributed by atoms with Gasteiger partial charge in [-0.25, -0.2) is 4.79 Å². The Bertz CT molecular complexity index is 267. The second-order valence-corrected chi connectivity index (χ2v) is 2.49. The molecule has 15 heavy (non-hydrogen) atoms. The number of allylic oxidation sites excluding steroid dienone is 1. The molecule has 0 spiro atoms. The largest absolute Gasteiger partial charge is 0.462 e. The van der Waals surface area contributed by atoms with Crippen LogP contribution < -0.4 is 0 Å². The summed E-state index contributed by atoms with van der Waals surface area (Å²) < 4.78 is 65.1. The predicted molar refractivity (Wildman–Crippen MR) is 41.4 cm³/mol. The van der Waals surface area contributed by atoms with E-state index in [2.05, 4.69) is 4.74 Å². The molecule has 0 bridgehead atoms. The van der Waals surface area contributed by atoms with Gasteiger partial charge in [-0.1, -0.05) is 6.08 Å². The topological polar surface area (TPSA) is 26.3 Å². The smallest absolute Gasteiger partial charge is 0.458 e.